The second-order valence-electron chi connectivity index (χ2n) is 7.27. The molecule has 0 unspecified atom stereocenters. The number of ether oxygens (including phenoxy) is 4. The third-order valence-corrected chi connectivity index (χ3v) is 6.15. The second-order valence-corrected chi connectivity index (χ2v) is 8.28. The Kier molecular flexibility index (Phi) is 7.61. The summed E-state index contributed by atoms with van der Waals surface area (Å²) in [5.41, 5.74) is 1.34. The number of rotatable bonds is 9. The average molecular weight is 479 g/mol. The molecule has 0 N–H and O–H groups in total. The van der Waals surface area contributed by atoms with Gasteiger partial charge in [-0.25, -0.2) is 0 Å². The van der Waals surface area contributed by atoms with Gasteiger partial charge in [-0.3, -0.25) is 4.79 Å². The maximum Gasteiger partial charge on any atom is 0.279 e. The standard InChI is InChI=1S/C26H26N2O5S/c1-4-32-14-13-28-21-16-22(30-2)23(31-3)17-24(21)34-26(28)27-25(29)18-9-8-12-20(15-18)33-19-10-6-5-7-11-19/h5-12,15-17H,4,13-14H2,1-3H3. The van der Waals surface area contributed by atoms with Gasteiger partial charge in [0, 0.05) is 30.8 Å². The zero-order valence-electron chi connectivity index (χ0n) is 19.3. The molecule has 0 saturated heterocycles. The molecule has 4 aromatic rings. The molecule has 8 heteroatoms. The number of aromatic nitrogens is 1. The van der Waals surface area contributed by atoms with Crippen molar-refractivity contribution in [2.75, 3.05) is 27.4 Å². The first kappa shape index (κ1) is 23.5. The highest BCUT2D eigenvalue weighted by molar-refractivity contribution is 7.16. The van der Waals surface area contributed by atoms with Crippen LogP contribution in [0.4, 0.5) is 0 Å². The fraction of sp³-hybridized carbons (Fsp3) is 0.231. The molecule has 0 aliphatic carbocycles. The number of hydrogen-bond acceptors (Lipinski definition) is 6. The summed E-state index contributed by atoms with van der Waals surface area (Å²) in [6, 6.07) is 20.2. The van der Waals surface area contributed by atoms with Crippen LogP contribution in [0.2, 0.25) is 0 Å². The molecule has 176 valence electrons. The van der Waals surface area contributed by atoms with E-state index in [-0.39, 0.29) is 5.91 Å². The smallest absolute Gasteiger partial charge is 0.279 e. The van der Waals surface area contributed by atoms with Gasteiger partial charge in [-0.15, -0.1) is 0 Å². The Labute approximate surface area is 201 Å². The van der Waals surface area contributed by atoms with Crippen molar-refractivity contribution in [3.8, 4) is 23.0 Å². The molecule has 0 fully saturated rings. The molecule has 0 saturated carbocycles. The lowest BCUT2D eigenvalue weighted by molar-refractivity contribution is 0.0996. The maximum absolute atomic E-state index is 13.1. The van der Waals surface area contributed by atoms with Gasteiger partial charge in [0.15, 0.2) is 16.3 Å². The van der Waals surface area contributed by atoms with E-state index in [1.807, 2.05) is 60.0 Å². The summed E-state index contributed by atoms with van der Waals surface area (Å²) in [5.74, 6) is 2.15. The van der Waals surface area contributed by atoms with Crippen LogP contribution in [0, 0.1) is 0 Å². The molecule has 0 spiro atoms. The quantitative estimate of drug-likeness (QED) is 0.306. The van der Waals surface area contributed by atoms with Crippen LogP contribution < -0.4 is 19.0 Å². The summed E-state index contributed by atoms with van der Waals surface area (Å²) < 4.78 is 25.2. The highest BCUT2D eigenvalue weighted by Crippen LogP contribution is 2.33. The summed E-state index contributed by atoms with van der Waals surface area (Å²) in [7, 11) is 3.19. The van der Waals surface area contributed by atoms with Gasteiger partial charge in [0.05, 0.1) is 31.0 Å². The minimum Gasteiger partial charge on any atom is -0.493 e. The van der Waals surface area contributed by atoms with Crippen molar-refractivity contribution >= 4 is 27.5 Å². The Bertz CT molecular complexity index is 1340. The first-order chi connectivity index (χ1) is 16.6. The number of amides is 1. The first-order valence-electron chi connectivity index (χ1n) is 10.9. The lowest BCUT2D eigenvalue weighted by Crippen LogP contribution is -2.19. The van der Waals surface area contributed by atoms with Crippen molar-refractivity contribution in [1.82, 2.24) is 4.57 Å². The maximum atomic E-state index is 13.1. The lowest BCUT2D eigenvalue weighted by Gasteiger charge is -2.09. The molecule has 7 nitrogen and oxygen atoms in total. The van der Waals surface area contributed by atoms with Crippen LogP contribution in [0.5, 0.6) is 23.0 Å². The molecule has 0 radical (unpaired) electrons. The Balaban J connectivity index is 1.72. The van der Waals surface area contributed by atoms with E-state index in [1.54, 1.807) is 32.4 Å². The Morgan fingerprint density at radius 3 is 2.41 bits per heavy atom. The van der Waals surface area contributed by atoms with Gasteiger partial charge < -0.3 is 23.5 Å². The topological polar surface area (TPSA) is 71.3 Å². The molecule has 0 bridgehead atoms. The van der Waals surface area contributed by atoms with Gasteiger partial charge in [0.2, 0.25) is 0 Å². The second kappa shape index (κ2) is 11.0. The van der Waals surface area contributed by atoms with Crippen LogP contribution in [-0.2, 0) is 11.3 Å². The molecule has 1 aromatic heterocycles. The van der Waals surface area contributed by atoms with Gasteiger partial charge in [0.25, 0.3) is 5.91 Å². The predicted molar refractivity (Wildman–Crippen MR) is 132 cm³/mol. The minimum atomic E-state index is -0.353. The number of carbonyl (C=O) groups excluding carboxylic acids is 1. The van der Waals surface area contributed by atoms with E-state index in [2.05, 4.69) is 4.99 Å². The molecule has 1 heterocycles. The van der Waals surface area contributed by atoms with Crippen LogP contribution in [-0.4, -0.2) is 37.9 Å². The van der Waals surface area contributed by atoms with Crippen molar-refractivity contribution in [3.05, 3.63) is 77.1 Å². The average Bonchev–Trinajstić information content (AvgIpc) is 3.19. The summed E-state index contributed by atoms with van der Waals surface area (Å²) in [6.45, 7) is 3.61. The molecule has 0 aliphatic rings. The molecule has 1 amide bonds. The molecule has 0 aliphatic heterocycles. The predicted octanol–water partition coefficient (Wildman–Crippen LogP) is 5.29. The van der Waals surface area contributed by atoms with E-state index in [0.717, 1.165) is 10.2 Å². The van der Waals surface area contributed by atoms with Gasteiger partial charge in [-0.2, -0.15) is 4.99 Å². The van der Waals surface area contributed by atoms with Crippen molar-refractivity contribution in [1.29, 1.82) is 0 Å². The number of carbonyl (C=O) groups is 1. The van der Waals surface area contributed by atoms with Gasteiger partial charge in [-0.05, 0) is 37.3 Å². The molecule has 3 aromatic carbocycles. The van der Waals surface area contributed by atoms with E-state index < -0.39 is 0 Å². The van der Waals surface area contributed by atoms with E-state index in [1.165, 1.54) is 11.3 Å². The van der Waals surface area contributed by atoms with Crippen LogP contribution in [0.25, 0.3) is 10.2 Å². The fourth-order valence-electron chi connectivity index (χ4n) is 3.47. The van der Waals surface area contributed by atoms with Crippen molar-refractivity contribution in [3.63, 3.8) is 0 Å². The summed E-state index contributed by atoms with van der Waals surface area (Å²) in [5, 5.41) is 0. The van der Waals surface area contributed by atoms with E-state index in [9.17, 15) is 4.79 Å². The largest absolute Gasteiger partial charge is 0.493 e. The normalized spacial score (nSPS) is 11.6. The fourth-order valence-corrected chi connectivity index (χ4v) is 4.53. The lowest BCUT2D eigenvalue weighted by atomic mass is 10.2. The van der Waals surface area contributed by atoms with E-state index in [4.69, 9.17) is 18.9 Å². The third-order valence-electron chi connectivity index (χ3n) is 5.11. The highest BCUT2D eigenvalue weighted by atomic mass is 32.1. The number of benzene rings is 3. The molecular weight excluding hydrogens is 452 g/mol. The SMILES string of the molecule is CCOCCn1c(=NC(=O)c2cccc(Oc3ccccc3)c2)sc2cc(OC)c(OC)cc21. The number of thiazole rings is 1. The van der Waals surface area contributed by atoms with Crippen LogP contribution in [0.1, 0.15) is 17.3 Å². The first-order valence-corrected chi connectivity index (χ1v) is 11.7. The van der Waals surface area contributed by atoms with Crippen LogP contribution in [0.15, 0.2) is 71.7 Å². The monoisotopic (exact) mass is 478 g/mol. The Hall–Kier alpha value is -3.62. The Morgan fingerprint density at radius 2 is 1.68 bits per heavy atom. The number of methoxy groups -OCH3 is 2. The van der Waals surface area contributed by atoms with Crippen LogP contribution >= 0.6 is 11.3 Å². The van der Waals surface area contributed by atoms with Gasteiger partial charge in [0.1, 0.15) is 11.5 Å². The summed E-state index contributed by atoms with van der Waals surface area (Å²) >= 11 is 1.41. The molecule has 0 atom stereocenters. The number of hydrogen-bond donors (Lipinski definition) is 0. The Morgan fingerprint density at radius 1 is 0.941 bits per heavy atom. The summed E-state index contributed by atoms with van der Waals surface area (Å²) in [6.07, 6.45) is 0. The zero-order chi connectivity index (χ0) is 23.9. The van der Waals surface area contributed by atoms with E-state index >= 15 is 0 Å². The number of fused-ring (bicyclic) bond motifs is 1. The summed E-state index contributed by atoms with van der Waals surface area (Å²) in [4.78, 5) is 18.1. The number of nitrogens with zero attached hydrogens (tertiary/aromatic N) is 2. The van der Waals surface area contributed by atoms with Crippen molar-refractivity contribution < 1.29 is 23.7 Å². The van der Waals surface area contributed by atoms with Crippen molar-refractivity contribution in [2.45, 2.75) is 13.5 Å². The van der Waals surface area contributed by atoms with Gasteiger partial charge in [-0.1, -0.05) is 35.6 Å². The van der Waals surface area contributed by atoms with Gasteiger partial charge >= 0.3 is 0 Å². The van der Waals surface area contributed by atoms with E-state index in [0.29, 0.717) is 53.1 Å². The zero-order valence-corrected chi connectivity index (χ0v) is 20.1. The molecule has 34 heavy (non-hydrogen) atoms. The molecular formula is C26H26N2O5S. The molecule has 4 rings (SSSR count). The number of para-hydroxylation sites is 1. The highest BCUT2D eigenvalue weighted by Gasteiger charge is 2.14. The van der Waals surface area contributed by atoms with Crippen molar-refractivity contribution in [2.24, 2.45) is 4.99 Å². The minimum absolute atomic E-state index is 0.353. The van der Waals surface area contributed by atoms with Crippen LogP contribution in [0.3, 0.4) is 0 Å². The third kappa shape index (κ3) is 5.30.